The largest absolute Gasteiger partial charge is 0.443 e. The Labute approximate surface area is 236 Å². The van der Waals surface area contributed by atoms with Gasteiger partial charge in [0.15, 0.2) is 0 Å². The summed E-state index contributed by atoms with van der Waals surface area (Å²) in [6.07, 6.45) is 7.13. The molecule has 6 nitrogen and oxygen atoms in total. The Bertz CT molecular complexity index is 1010. The summed E-state index contributed by atoms with van der Waals surface area (Å²) in [6.45, 7) is 16.1. The van der Waals surface area contributed by atoms with Crippen LogP contribution in [0.3, 0.4) is 0 Å². The van der Waals surface area contributed by atoms with E-state index in [0.29, 0.717) is 34.5 Å². The van der Waals surface area contributed by atoms with E-state index in [0.717, 1.165) is 32.1 Å². The normalized spacial score (nSPS) is 53.9. The zero-order valence-corrected chi connectivity index (χ0v) is 26.0. The van der Waals surface area contributed by atoms with Gasteiger partial charge in [-0.2, -0.15) is 0 Å². The average Bonchev–Trinajstić information content (AvgIpc) is 3.49. The van der Waals surface area contributed by atoms with Crippen molar-refractivity contribution in [3.63, 3.8) is 0 Å². The number of aliphatic hydroxyl groups excluding tert-OH is 2. The fraction of sp³-hybridized carbons (Fsp3) is 0.970. The van der Waals surface area contributed by atoms with E-state index < -0.39 is 6.10 Å². The van der Waals surface area contributed by atoms with Gasteiger partial charge in [0.2, 0.25) is 0 Å². The van der Waals surface area contributed by atoms with Gasteiger partial charge >= 0.3 is 6.09 Å². The molecule has 3 unspecified atom stereocenters. The third-order valence-corrected chi connectivity index (χ3v) is 14.4. The standard InChI is InChI=1S/C33H55NO5/c1-18(2)25(39-28(37)34(8)9)20-16-19(3)24-26(38-20)27(36)31(7)22-11-10-21-29(4,5)23(35)12-13-32(21)17-33(22,32)15-14-30(24,31)6/h18-27,35-36H,10-17H2,1-9H3/t19-,20?,21+,22?,23+,24+,25-,26?,27+,30-,31-,32-,33+/m1/s1. The van der Waals surface area contributed by atoms with Crippen molar-refractivity contribution >= 4 is 6.09 Å². The molecule has 1 saturated heterocycles. The highest BCUT2D eigenvalue weighted by molar-refractivity contribution is 5.67. The average molecular weight is 546 g/mol. The summed E-state index contributed by atoms with van der Waals surface area (Å²) in [7, 11) is 3.44. The van der Waals surface area contributed by atoms with Gasteiger partial charge in [-0.25, -0.2) is 4.79 Å². The van der Waals surface area contributed by atoms with Crippen molar-refractivity contribution in [2.24, 2.45) is 56.7 Å². The molecule has 2 N–H and O–H groups in total. The van der Waals surface area contributed by atoms with Gasteiger partial charge in [-0.15, -0.1) is 0 Å². The number of aliphatic hydroxyl groups is 2. The van der Waals surface area contributed by atoms with E-state index in [1.54, 1.807) is 14.1 Å². The number of hydrogen-bond donors (Lipinski definition) is 2. The van der Waals surface area contributed by atoms with Crippen LogP contribution < -0.4 is 0 Å². The molecule has 0 aromatic carbocycles. The van der Waals surface area contributed by atoms with Gasteiger partial charge in [-0.1, -0.05) is 48.5 Å². The Kier molecular flexibility index (Phi) is 6.23. The Morgan fingerprint density at radius 3 is 2.26 bits per heavy atom. The molecule has 0 bridgehead atoms. The van der Waals surface area contributed by atoms with Gasteiger partial charge in [0.25, 0.3) is 0 Å². The second-order valence-electron chi connectivity index (χ2n) is 16.6. The maximum absolute atomic E-state index is 12.5. The van der Waals surface area contributed by atoms with Crippen LogP contribution in [0.2, 0.25) is 0 Å². The Morgan fingerprint density at radius 2 is 1.62 bits per heavy atom. The third-order valence-electron chi connectivity index (χ3n) is 14.4. The molecular weight excluding hydrogens is 490 g/mol. The van der Waals surface area contributed by atoms with Crippen LogP contribution in [0.5, 0.6) is 0 Å². The molecule has 13 atom stereocenters. The number of hydrogen-bond acceptors (Lipinski definition) is 5. The lowest BCUT2D eigenvalue weighted by atomic mass is 9.41. The van der Waals surface area contributed by atoms with Crippen molar-refractivity contribution in [2.45, 2.75) is 130 Å². The van der Waals surface area contributed by atoms with E-state index in [1.165, 1.54) is 24.2 Å². The molecule has 0 radical (unpaired) electrons. The Hall–Kier alpha value is -0.850. The summed E-state index contributed by atoms with van der Waals surface area (Å²) in [4.78, 5) is 14.0. The fourth-order valence-corrected chi connectivity index (χ4v) is 12.4. The van der Waals surface area contributed by atoms with E-state index in [-0.39, 0.29) is 52.7 Å². The van der Waals surface area contributed by atoms with Gasteiger partial charge in [0.1, 0.15) is 6.10 Å². The van der Waals surface area contributed by atoms with Crippen LogP contribution in [0.25, 0.3) is 0 Å². The van der Waals surface area contributed by atoms with Crippen molar-refractivity contribution in [3.8, 4) is 0 Å². The maximum Gasteiger partial charge on any atom is 0.409 e. The lowest BCUT2D eigenvalue weighted by molar-refractivity contribution is -0.185. The summed E-state index contributed by atoms with van der Waals surface area (Å²) in [5, 5.41) is 23.4. The lowest BCUT2D eigenvalue weighted by Gasteiger charge is -2.63. The molecule has 1 amide bonds. The fourth-order valence-electron chi connectivity index (χ4n) is 12.4. The van der Waals surface area contributed by atoms with Crippen molar-refractivity contribution in [1.82, 2.24) is 4.90 Å². The van der Waals surface area contributed by atoms with Crippen LogP contribution in [0.15, 0.2) is 0 Å². The highest BCUT2D eigenvalue weighted by atomic mass is 16.6. The van der Waals surface area contributed by atoms with Crippen LogP contribution >= 0.6 is 0 Å². The number of rotatable bonds is 3. The van der Waals surface area contributed by atoms with Gasteiger partial charge in [0.05, 0.1) is 24.4 Å². The lowest BCUT2D eigenvalue weighted by Crippen LogP contribution is -2.59. The molecule has 1 heterocycles. The Morgan fingerprint density at radius 1 is 0.974 bits per heavy atom. The number of fused-ring (bicyclic) bond motifs is 4. The molecule has 39 heavy (non-hydrogen) atoms. The number of amides is 1. The zero-order valence-electron chi connectivity index (χ0n) is 26.0. The minimum atomic E-state index is -0.520. The predicted octanol–water partition coefficient (Wildman–Crippen LogP) is 5.88. The molecule has 6 rings (SSSR count). The minimum Gasteiger partial charge on any atom is -0.443 e. The van der Waals surface area contributed by atoms with Crippen molar-refractivity contribution in [2.75, 3.05) is 14.1 Å². The van der Waals surface area contributed by atoms with Crippen molar-refractivity contribution in [1.29, 1.82) is 0 Å². The topological polar surface area (TPSA) is 79.2 Å². The van der Waals surface area contributed by atoms with Crippen LogP contribution in [-0.2, 0) is 9.47 Å². The Balaban J connectivity index is 1.32. The van der Waals surface area contributed by atoms with Crippen LogP contribution in [0.1, 0.15) is 99.8 Å². The number of carbonyl (C=O) groups excluding carboxylic acids is 1. The first kappa shape index (κ1) is 28.3. The molecule has 6 aliphatic rings. The van der Waals surface area contributed by atoms with Gasteiger partial charge in [-0.3, -0.25) is 0 Å². The smallest absolute Gasteiger partial charge is 0.409 e. The second kappa shape index (κ2) is 8.60. The molecule has 222 valence electrons. The van der Waals surface area contributed by atoms with Crippen molar-refractivity contribution in [3.05, 3.63) is 0 Å². The summed E-state index contributed by atoms with van der Waals surface area (Å²) in [6, 6.07) is 0. The molecule has 0 aromatic rings. The van der Waals surface area contributed by atoms with Gasteiger partial charge in [0, 0.05) is 19.5 Å². The van der Waals surface area contributed by atoms with Crippen LogP contribution in [-0.4, -0.2) is 65.8 Å². The monoisotopic (exact) mass is 545 g/mol. The maximum atomic E-state index is 12.5. The number of carbonyl (C=O) groups is 1. The quantitative estimate of drug-likeness (QED) is 0.463. The van der Waals surface area contributed by atoms with Gasteiger partial charge < -0.3 is 24.6 Å². The SMILES string of the molecule is CC(C)[C@@H](OC(=O)N(C)C)C1C[C@@H](C)[C@H]2C(O1)[C@H](O)[C@@]1(C)C3CC[C@H]4C(C)(C)[C@@H](O)CC[C@@]45C[C@@]35CC[C@]21C. The highest BCUT2D eigenvalue weighted by Crippen LogP contribution is 2.89. The first-order valence-electron chi connectivity index (χ1n) is 16.0. The highest BCUT2D eigenvalue weighted by Gasteiger charge is 2.84. The second-order valence-corrected chi connectivity index (χ2v) is 16.6. The summed E-state index contributed by atoms with van der Waals surface area (Å²) >= 11 is 0. The van der Waals surface area contributed by atoms with E-state index in [1.807, 2.05) is 0 Å². The molecule has 1 aliphatic heterocycles. The number of nitrogens with zero attached hydrogens (tertiary/aromatic N) is 1. The van der Waals surface area contributed by atoms with Gasteiger partial charge in [-0.05, 0) is 103 Å². The number of ether oxygens (including phenoxy) is 2. The molecule has 5 saturated carbocycles. The molecule has 0 aromatic heterocycles. The molecular formula is C33H55NO5. The van der Waals surface area contributed by atoms with E-state index >= 15 is 0 Å². The molecule has 5 aliphatic carbocycles. The minimum absolute atomic E-state index is 0.0192. The van der Waals surface area contributed by atoms with E-state index in [2.05, 4.69) is 48.5 Å². The van der Waals surface area contributed by atoms with E-state index in [9.17, 15) is 15.0 Å². The molecule has 6 heteroatoms. The third kappa shape index (κ3) is 3.34. The van der Waals surface area contributed by atoms with Crippen LogP contribution in [0, 0.1) is 56.7 Å². The predicted molar refractivity (Wildman–Crippen MR) is 151 cm³/mol. The first-order chi connectivity index (χ1) is 18.1. The van der Waals surface area contributed by atoms with Crippen molar-refractivity contribution < 1.29 is 24.5 Å². The van der Waals surface area contributed by atoms with E-state index in [4.69, 9.17) is 9.47 Å². The zero-order chi connectivity index (χ0) is 28.5. The summed E-state index contributed by atoms with van der Waals surface area (Å²) < 4.78 is 12.9. The molecule has 6 fully saturated rings. The summed E-state index contributed by atoms with van der Waals surface area (Å²) in [5.41, 5.74) is 0.434. The molecule has 2 spiro atoms. The summed E-state index contributed by atoms with van der Waals surface area (Å²) in [5.74, 6) is 1.90. The first-order valence-corrected chi connectivity index (χ1v) is 16.0. The van der Waals surface area contributed by atoms with Crippen LogP contribution in [0.4, 0.5) is 4.79 Å².